The highest BCUT2D eigenvalue weighted by molar-refractivity contribution is 5.78. The van der Waals surface area contributed by atoms with E-state index in [9.17, 15) is 4.79 Å². The molecule has 3 heteroatoms. The van der Waals surface area contributed by atoms with Gasteiger partial charge in [0.25, 0.3) is 0 Å². The van der Waals surface area contributed by atoms with Gasteiger partial charge >= 0.3 is 0 Å². The molecule has 0 spiro atoms. The zero-order valence-electron chi connectivity index (χ0n) is 6.42. The third-order valence-corrected chi connectivity index (χ3v) is 1.93. The number of likely N-dealkylation sites (tertiary alicyclic amines) is 1. The quantitative estimate of drug-likeness (QED) is 0.554. The summed E-state index contributed by atoms with van der Waals surface area (Å²) in [6.07, 6.45) is 1.98. The molecular formula is C8H11N2O. The van der Waals surface area contributed by atoms with Gasteiger partial charge in [-0.2, -0.15) is 5.26 Å². The van der Waals surface area contributed by atoms with Crippen molar-refractivity contribution in [2.24, 2.45) is 0 Å². The number of carbonyl (C=O) groups excluding carboxylic acids is 1. The van der Waals surface area contributed by atoms with E-state index in [0.717, 1.165) is 19.4 Å². The van der Waals surface area contributed by atoms with Crippen molar-refractivity contribution in [1.82, 2.24) is 4.90 Å². The maximum absolute atomic E-state index is 11.1. The molecule has 1 saturated heterocycles. The van der Waals surface area contributed by atoms with Crippen molar-refractivity contribution >= 4 is 5.91 Å². The molecule has 0 bridgehead atoms. The molecular weight excluding hydrogens is 140 g/mol. The summed E-state index contributed by atoms with van der Waals surface area (Å²) in [5, 5.41) is 8.27. The second-order valence-corrected chi connectivity index (χ2v) is 2.72. The lowest BCUT2D eigenvalue weighted by Crippen LogP contribution is -2.33. The van der Waals surface area contributed by atoms with Crippen LogP contribution in [-0.4, -0.2) is 23.4 Å². The second kappa shape index (κ2) is 3.38. The highest BCUT2D eigenvalue weighted by Gasteiger charge is 2.24. The standard InChI is InChI=1S/C8H11N2O/c1-7-3-2-6-10(7)8(11)4-5-9/h7H,1-4,6H2. The minimum Gasteiger partial charge on any atom is -0.339 e. The van der Waals surface area contributed by atoms with E-state index in [1.54, 1.807) is 4.90 Å². The van der Waals surface area contributed by atoms with Gasteiger partial charge in [-0.05, 0) is 19.8 Å². The van der Waals surface area contributed by atoms with E-state index in [2.05, 4.69) is 6.92 Å². The Hall–Kier alpha value is -1.04. The molecule has 0 aromatic heterocycles. The molecule has 11 heavy (non-hydrogen) atoms. The first-order valence-corrected chi connectivity index (χ1v) is 3.75. The number of hydrogen-bond acceptors (Lipinski definition) is 2. The van der Waals surface area contributed by atoms with Crippen LogP contribution in [-0.2, 0) is 4.79 Å². The zero-order chi connectivity index (χ0) is 8.27. The van der Waals surface area contributed by atoms with E-state index in [1.807, 2.05) is 6.07 Å². The summed E-state index contributed by atoms with van der Waals surface area (Å²) in [5.74, 6) is -0.0787. The molecule has 3 nitrogen and oxygen atoms in total. The fourth-order valence-electron chi connectivity index (χ4n) is 1.33. The van der Waals surface area contributed by atoms with Crippen molar-refractivity contribution in [3.63, 3.8) is 0 Å². The maximum Gasteiger partial charge on any atom is 0.237 e. The monoisotopic (exact) mass is 151 g/mol. The van der Waals surface area contributed by atoms with Crippen LogP contribution in [0.3, 0.4) is 0 Å². The van der Waals surface area contributed by atoms with E-state index in [-0.39, 0.29) is 18.4 Å². The summed E-state index contributed by atoms with van der Waals surface area (Å²) in [4.78, 5) is 12.8. The van der Waals surface area contributed by atoms with Crippen LogP contribution in [0, 0.1) is 18.3 Å². The van der Waals surface area contributed by atoms with E-state index < -0.39 is 0 Å². The normalized spacial score (nSPS) is 23.3. The predicted molar refractivity (Wildman–Crippen MR) is 40.3 cm³/mol. The fraction of sp³-hybridized carbons (Fsp3) is 0.625. The molecule has 1 heterocycles. The van der Waals surface area contributed by atoms with Crippen molar-refractivity contribution in [1.29, 1.82) is 5.26 Å². The highest BCUT2D eigenvalue weighted by atomic mass is 16.2. The summed E-state index contributed by atoms with van der Waals surface area (Å²) in [7, 11) is 0. The summed E-state index contributed by atoms with van der Waals surface area (Å²) >= 11 is 0. The first-order chi connectivity index (χ1) is 5.25. The highest BCUT2D eigenvalue weighted by Crippen LogP contribution is 2.16. The molecule has 0 aromatic carbocycles. The summed E-state index contributed by atoms with van der Waals surface area (Å²) in [5.41, 5.74) is 0. The first kappa shape index (κ1) is 8.06. The van der Waals surface area contributed by atoms with Crippen molar-refractivity contribution < 1.29 is 4.79 Å². The molecule has 0 aliphatic carbocycles. The number of carbonyl (C=O) groups is 1. The van der Waals surface area contributed by atoms with Crippen LogP contribution in [0.25, 0.3) is 0 Å². The molecule has 1 rings (SSSR count). The molecule has 0 saturated carbocycles. The van der Waals surface area contributed by atoms with Gasteiger partial charge in [0.2, 0.25) is 5.91 Å². The van der Waals surface area contributed by atoms with Gasteiger partial charge in [-0.15, -0.1) is 0 Å². The average Bonchev–Trinajstić information content (AvgIpc) is 2.36. The molecule has 1 aliphatic rings. The molecule has 1 aliphatic heterocycles. The number of rotatable bonds is 1. The zero-order valence-corrected chi connectivity index (χ0v) is 6.42. The van der Waals surface area contributed by atoms with Gasteiger partial charge in [-0.25, -0.2) is 0 Å². The molecule has 1 atom stereocenters. The van der Waals surface area contributed by atoms with Crippen LogP contribution in [0.15, 0.2) is 0 Å². The fourth-order valence-corrected chi connectivity index (χ4v) is 1.33. The third kappa shape index (κ3) is 1.70. The van der Waals surface area contributed by atoms with Gasteiger partial charge in [0.15, 0.2) is 0 Å². The number of nitriles is 1. The van der Waals surface area contributed by atoms with Crippen LogP contribution < -0.4 is 0 Å². The smallest absolute Gasteiger partial charge is 0.237 e. The second-order valence-electron chi connectivity index (χ2n) is 2.72. The summed E-state index contributed by atoms with van der Waals surface area (Å²) in [6.45, 7) is 4.59. The van der Waals surface area contributed by atoms with Crippen LogP contribution in [0.1, 0.15) is 19.3 Å². The van der Waals surface area contributed by atoms with E-state index in [1.165, 1.54) is 0 Å². The van der Waals surface area contributed by atoms with Gasteiger partial charge in [-0.1, -0.05) is 0 Å². The average molecular weight is 151 g/mol. The van der Waals surface area contributed by atoms with Gasteiger partial charge in [0, 0.05) is 12.6 Å². The Bertz CT molecular complexity index is 195. The Kier molecular flexibility index (Phi) is 2.48. The molecule has 1 fully saturated rings. The Morgan fingerprint density at radius 2 is 2.55 bits per heavy atom. The molecule has 0 aromatic rings. The van der Waals surface area contributed by atoms with Crippen molar-refractivity contribution in [2.75, 3.05) is 6.54 Å². The minimum absolute atomic E-state index is 0.00792. The Balaban J connectivity index is 2.47. The lowest BCUT2D eigenvalue weighted by Gasteiger charge is -2.19. The van der Waals surface area contributed by atoms with Gasteiger partial charge in [0.05, 0.1) is 6.07 Å². The molecule has 0 N–H and O–H groups in total. The van der Waals surface area contributed by atoms with Crippen molar-refractivity contribution in [3.8, 4) is 6.07 Å². The Morgan fingerprint density at radius 1 is 1.82 bits per heavy atom. The maximum atomic E-state index is 11.1. The van der Waals surface area contributed by atoms with E-state index in [4.69, 9.17) is 5.26 Å². The summed E-state index contributed by atoms with van der Waals surface area (Å²) in [6, 6.07) is 1.94. The molecule has 1 radical (unpaired) electrons. The molecule has 59 valence electrons. The van der Waals surface area contributed by atoms with E-state index in [0.29, 0.717) is 0 Å². The number of amides is 1. The van der Waals surface area contributed by atoms with Crippen molar-refractivity contribution in [2.45, 2.75) is 25.3 Å². The predicted octanol–water partition coefficient (Wildman–Crippen LogP) is 0.725. The van der Waals surface area contributed by atoms with Crippen LogP contribution in [0.2, 0.25) is 0 Å². The third-order valence-electron chi connectivity index (χ3n) is 1.93. The van der Waals surface area contributed by atoms with Crippen molar-refractivity contribution in [3.05, 3.63) is 6.92 Å². The lowest BCUT2D eigenvalue weighted by atomic mass is 10.2. The lowest BCUT2D eigenvalue weighted by molar-refractivity contribution is -0.130. The number of nitrogens with zero attached hydrogens (tertiary/aromatic N) is 2. The number of hydrogen-bond donors (Lipinski definition) is 0. The van der Waals surface area contributed by atoms with Gasteiger partial charge in [-0.3, -0.25) is 4.79 Å². The first-order valence-electron chi connectivity index (χ1n) is 3.75. The van der Waals surface area contributed by atoms with Crippen LogP contribution >= 0.6 is 0 Å². The topological polar surface area (TPSA) is 44.1 Å². The van der Waals surface area contributed by atoms with Crippen LogP contribution in [0.4, 0.5) is 0 Å². The van der Waals surface area contributed by atoms with Gasteiger partial charge < -0.3 is 4.90 Å². The summed E-state index contributed by atoms with van der Waals surface area (Å²) < 4.78 is 0. The van der Waals surface area contributed by atoms with Crippen LogP contribution in [0.5, 0.6) is 0 Å². The Labute approximate surface area is 66.6 Å². The van der Waals surface area contributed by atoms with Gasteiger partial charge in [0.1, 0.15) is 6.42 Å². The largest absolute Gasteiger partial charge is 0.339 e. The Morgan fingerprint density at radius 3 is 3.00 bits per heavy atom. The van der Waals surface area contributed by atoms with E-state index >= 15 is 0 Å². The molecule has 1 amide bonds. The SMILES string of the molecule is [CH2]C1CCCN1C(=O)CC#N. The molecule has 1 unspecified atom stereocenters. The minimum atomic E-state index is -0.0787.